The van der Waals surface area contributed by atoms with Crippen LogP contribution >= 0.6 is 12.2 Å². The molecule has 2 rings (SSSR count). The van der Waals surface area contributed by atoms with E-state index in [1.165, 1.54) is 11.1 Å². The van der Waals surface area contributed by atoms with Gasteiger partial charge in [-0.15, -0.1) is 0 Å². The molecule has 0 saturated carbocycles. The summed E-state index contributed by atoms with van der Waals surface area (Å²) < 4.78 is 4.89. The third-order valence-electron chi connectivity index (χ3n) is 3.33. The summed E-state index contributed by atoms with van der Waals surface area (Å²) in [6.45, 7) is 6.63. The average Bonchev–Trinajstić information content (AvgIpc) is 2.72. The molecule has 0 radical (unpaired) electrons. The van der Waals surface area contributed by atoms with Crippen LogP contribution in [0.3, 0.4) is 0 Å². The van der Waals surface area contributed by atoms with Crippen molar-refractivity contribution in [3.05, 3.63) is 28.8 Å². The third-order valence-corrected chi connectivity index (χ3v) is 3.55. The van der Waals surface area contributed by atoms with Crippen LogP contribution in [0.1, 0.15) is 23.1 Å². The lowest BCUT2D eigenvalue weighted by Crippen LogP contribution is -2.40. The molecule has 1 saturated heterocycles. The number of aryl methyl sites for hydroxylation is 3. The van der Waals surface area contributed by atoms with E-state index < -0.39 is 0 Å². The molecule has 0 bridgehead atoms. The number of ether oxygens (including phenoxy) is 1. The second-order valence-corrected chi connectivity index (χ2v) is 5.27. The summed E-state index contributed by atoms with van der Waals surface area (Å²) in [5.41, 5.74) is 4.55. The molecule has 1 aliphatic heterocycles. The maximum Gasteiger partial charge on any atom is 0.328 e. The molecule has 102 valence electrons. The second-order valence-electron chi connectivity index (χ2n) is 4.86. The number of nitrogens with one attached hydrogen (secondary N) is 2. The summed E-state index contributed by atoms with van der Waals surface area (Å²) in [6.07, 6.45) is 0.659. The lowest BCUT2D eigenvalue weighted by Gasteiger charge is -2.16. The lowest BCUT2D eigenvalue weighted by atomic mass is 10.1. The Kier molecular flexibility index (Phi) is 4.04. The molecule has 1 heterocycles. The summed E-state index contributed by atoms with van der Waals surface area (Å²) in [5, 5.41) is 6.58. The standard InChI is InChI=1S/C14H18N2O2S/c1-8-6-10(3)12(7-9(8)2)16-14(19)15-11-4-5-18-13(11)17/h6-7,11H,4-5H2,1-3H3,(H2,15,16,19). The van der Waals surface area contributed by atoms with Crippen LogP contribution < -0.4 is 10.6 Å². The van der Waals surface area contributed by atoms with Gasteiger partial charge in [-0.3, -0.25) is 0 Å². The highest BCUT2D eigenvalue weighted by molar-refractivity contribution is 7.80. The number of thiocarbonyl (C=S) groups is 1. The number of carbonyl (C=O) groups is 1. The SMILES string of the molecule is Cc1cc(C)c(NC(=S)NC2CCOC2=O)cc1C. The van der Waals surface area contributed by atoms with Crippen LogP contribution in [0.4, 0.5) is 5.69 Å². The summed E-state index contributed by atoms with van der Waals surface area (Å²) in [6, 6.07) is 3.85. The number of esters is 1. The van der Waals surface area contributed by atoms with E-state index in [0.29, 0.717) is 18.1 Å². The van der Waals surface area contributed by atoms with Crippen molar-refractivity contribution in [2.45, 2.75) is 33.2 Å². The number of cyclic esters (lactones) is 1. The fourth-order valence-corrected chi connectivity index (χ4v) is 2.29. The maximum absolute atomic E-state index is 11.4. The Bertz CT molecular complexity index is 528. The van der Waals surface area contributed by atoms with Gasteiger partial charge in [0.25, 0.3) is 0 Å². The minimum atomic E-state index is -0.327. The number of hydrogen-bond donors (Lipinski definition) is 2. The Morgan fingerprint density at radius 1 is 1.26 bits per heavy atom. The smallest absolute Gasteiger partial charge is 0.328 e. The predicted molar refractivity (Wildman–Crippen MR) is 79.4 cm³/mol. The van der Waals surface area contributed by atoms with Gasteiger partial charge in [-0.25, -0.2) is 4.79 Å². The zero-order valence-corrected chi connectivity index (χ0v) is 12.2. The Morgan fingerprint density at radius 2 is 1.95 bits per heavy atom. The zero-order valence-electron chi connectivity index (χ0n) is 11.4. The maximum atomic E-state index is 11.4. The monoisotopic (exact) mass is 278 g/mol. The topological polar surface area (TPSA) is 50.4 Å². The molecule has 0 aromatic heterocycles. The van der Waals surface area contributed by atoms with Gasteiger partial charge in [0.1, 0.15) is 6.04 Å². The van der Waals surface area contributed by atoms with Crippen molar-refractivity contribution >= 4 is 29.0 Å². The minimum Gasteiger partial charge on any atom is -0.464 e. The number of hydrogen-bond acceptors (Lipinski definition) is 3. The number of anilines is 1. The Labute approximate surface area is 118 Å². The molecule has 0 spiro atoms. The Hall–Kier alpha value is -1.62. The van der Waals surface area contributed by atoms with Crippen molar-refractivity contribution in [2.75, 3.05) is 11.9 Å². The highest BCUT2D eigenvalue weighted by atomic mass is 32.1. The average molecular weight is 278 g/mol. The second kappa shape index (κ2) is 5.57. The van der Waals surface area contributed by atoms with Crippen LogP contribution in [-0.2, 0) is 9.53 Å². The van der Waals surface area contributed by atoms with Crippen molar-refractivity contribution < 1.29 is 9.53 Å². The van der Waals surface area contributed by atoms with Crippen LogP contribution in [0.15, 0.2) is 12.1 Å². The van der Waals surface area contributed by atoms with Crippen molar-refractivity contribution in [1.82, 2.24) is 5.32 Å². The fraction of sp³-hybridized carbons (Fsp3) is 0.429. The third kappa shape index (κ3) is 3.23. The molecule has 2 N–H and O–H groups in total. The van der Waals surface area contributed by atoms with Gasteiger partial charge in [0.05, 0.1) is 6.61 Å². The molecule has 1 fully saturated rings. The molecule has 1 unspecified atom stereocenters. The van der Waals surface area contributed by atoms with Gasteiger partial charge in [-0.2, -0.15) is 0 Å². The van der Waals surface area contributed by atoms with Gasteiger partial charge in [0.15, 0.2) is 5.11 Å². The lowest BCUT2D eigenvalue weighted by molar-refractivity contribution is -0.139. The first-order valence-electron chi connectivity index (χ1n) is 6.29. The van der Waals surface area contributed by atoms with Crippen LogP contribution in [-0.4, -0.2) is 23.7 Å². The molecule has 1 aromatic rings. The van der Waals surface area contributed by atoms with Crippen molar-refractivity contribution in [1.29, 1.82) is 0 Å². The molecule has 4 nitrogen and oxygen atoms in total. The molecule has 19 heavy (non-hydrogen) atoms. The van der Waals surface area contributed by atoms with Crippen molar-refractivity contribution in [3.8, 4) is 0 Å². The number of benzene rings is 1. The van der Waals surface area contributed by atoms with Crippen LogP contribution in [0.25, 0.3) is 0 Å². The first-order chi connectivity index (χ1) is 8.97. The summed E-state index contributed by atoms with van der Waals surface area (Å²) in [4.78, 5) is 11.4. The molecule has 0 amide bonds. The molecule has 1 aliphatic rings. The normalized spacial score (nSPS) is 18.1. The number of carbonyl (C=O) groups excluding carboxylic acids is 1. The largest absolute Gasteiger partial charge is 0.464 e. The summed E-state index contributed by atoms with van der Waals surface area (Å²) >= 11 is 5.23. The molecule has 5 heteroatoms. The van der Waals surface area contributed by atoms with Crippen molar-refractivity contribution in [3.63, 3.8) is 0 Å². The minimum absolute atomic E-state index is 0.235. The van der Waals surface area contributed by atoms with Crippen LogP contribution in [0.2, 0.25) is 0 Å². The first kappa shape index (κ1) is 13.8. The fourth-order valence-electron chi connectivity index (χ4n) is 2.04. The molecular formula is C14H18N2O2S. The number of rotatable bonds is 2. The van der Waals surface area contributed by atoms with E-state index in [-0.39, 0.29) is 12.0 Å². The van der Waals surface area contributed by atoms with Crippen molar-refractivity contribution in [2.24, 2.45) is 0 Å². The van der Waals surface area contributed by atoms with E-state index in [2.05, 4.69) is 36.6 Å². The first-order valence-corrected chi connectivity index (χ1v) is 6.70. The van der Waals surface area contributed by atoms with E-state index in [9.17, 15) is 4.79 Å². The van der Waals surface area contributed by atoms with Gasteiger partial charge in [-0.1, -0.05) is 6.07 Å². The van der Waals surface area contributed by atoms with Crippen LogP contribution in [0.5, 0.6) is 0 Å². The summed E-state index contributed by atoms with van der Waals surface area (Å²) in [7, 11) is 0. The molecular weight excluding hydrogens is 260 g/mol. The van der Waals surface area contributed by atoms with E-state index in [1.54, 1.807) is 0 Å². The predicted octanol–water partition coefficient (Wildman–Crippen LogP) is 2.21. The molecule has 0 aliphatic carbocycles. The van der Waals surface area contributed by atoms with E-state index in [4.69, 9.17) is 17.0 Å². The Balaban J connectivity index is 2.02. The van der Waals surface area contributed by atoms with Gasteiger partial charge < -0.3 is 15.4 Å². The molecule has 1 aromatic carbocycles. The Morgan fingerprint density at radius 3 is 2.58 bits per heavy atom. The van der Waals surface area contributed by atoms with E-state index in [1.807, 2.05) is 6.92 Å². The van der Waals surface area contributed by atoms with Gasteiger partial charge in [0, 0.05) is 12.1 Å². The molecule has 1 atom stereocenters. The van der Waals surface area contributed by atoms with Crippen LogP contribution in [0, 0.1) is 20.8 Å². The van der Waals surface area contributed by atoms with Gasteiger partial charge in [0.2, 0.25) is 0 Å². The quantitative estimate of drug-likeness (QED) is 0.641. The van der Waals surface area contributed by atoms with E-state index in [0.717, 1.165) is 11.3 Å². The zero-order chi connectivity index (χ0) is 14.0. The summed E-state index contributed by atoms with van der Waals surface area (Å²) in [5.74, 6) is -0.235. The highest BCUT2D eigenvalue weighted by Crippen LogP contribution is 2.20. The highest BCUT2D eigenvalue weighted by Gasteiger charge is 2.26. The van der Waals surface area contributed by atoms with Gasteiger partial charge >= 0.3 is 5.97 Å². The van der Waals surface area contributed by atoms with E-state index >= 15 is 0 Å². The van der Waals surface area contributed by atoms with Gasteiger partial charge in [-0.05, 0) is 55.7 Å².